The zero-order valence-corrected chi connectivity index (χ0v) is 13.3. The van der Waals surface area contributed by atoms with E-state index in [-0.39, 0.29) is 0 Å². The summed E-state index contributed by atoms with van der Waals surface area (Å²) in [5, 5.41) is 0. The van der Waals surface area contributed by atoms with Gasteiger partial charge in [0.25, 0.3) is 0 Å². The number of rotatable bonds is 8. The Labute approximate surface area is 124 Å². The third-order valence-electron chi connectivity index (χ3n) is 4.27. The van der Waals surface area contributed by atoms with E-state index in [0.29, 0.717) is 0 Å². The van der Waals surface area contributed by atoms with Gasteiger partial charge in [-0.3, -0.25) is 0 Å². The highest BCUT2D eigenvalue weighted by Gasteiger charge is 2.21. The molecule has 20 heavy (non-hydrogen) atoms. The topological polar surface area (TPSA) is 6.48 Å². The van der Waals surface area contributed by atoms with Crippen LogP contribution in [0.5, 0.6) is 0 Å². The van der Waals surface area contributed by atoms with Crippen LogP contribution < -0.4 is 9.80 Å². The molecule has 0 amide bonds. The number of para-hydroxylation sites is 2. The number of fused-ring (bicyclic) bond motifs is 1. The van der Waals surface area contributed by atoms with Crippen molar-refractivity contribution in [1.82, 2.24) is 0 Å². The second kappa shape index (κ2) is 8.18. The van der Waals surface area contributed by atoms with Crippen LogP contribution >= 0.6 is 0 Å². The fourth-order valence-corrected chi connectivity index (χ4v) is 3.05. The summed E-state index contributed by atoms with van der Waals surface area (Å²) < 4.78 is 0. The number of hydrogen-bond donors (Lipinski definition) is 0. The Morgan fingerprint density at radius 2 is 1.20 bits per heavy atom. The summed E-state index contributed by atoms with van der Waals surface area (Å²) >= 11 is 0. The second-order valence-electron chi connectivity index (χ2n) is 5.88. The van der Waals surface area contributed by atoms with Crippen LogP contribution in [0.2, 0.25) is 0 Å². The van der Waals surface area contributed by atoms with Crippen LogP contribution in [-0.4, -0.2) is 26.2 Å². The van der Waals surface area contributed by atoms with Gasteiger partial charge in [0.2, 0.25) is 0 Å². The summed E-state index contributed by atoms with van der Waals surface area (Å²) in [6, 6.07) is 8.96. The average Bonchev–Trinajstić information content (AvgIpc) is 2.49. The predicted octanol–water partition coefficient (Wildman–Crippen LogP) is 4.69. The van der Waals surface area contributed by atoms with Crippen LogP contribution in [0.1, 0.15) is 52.4 Å². The van der Waals surface area contributed by atoms with Crippen molar-refractivity contribution in [2.45, 2.75) is 52.4 Å². The van der Waals surface area contributed by atoms with Crippen molar-refractivity contribution in [3.63, 3.8) is 0 Å². The van der Waals surface area contributed by atoms with E-state index in [2.05, 4.69) is 47.9 Å². The molecule has 0 fully saturated rings. The standard InChI is InChI=1S/C18H30N2/c1-3-5-9-13-19-15-16-20(14-10-6-4-2)18-12-8-7-11-17(18)19/h7-8,11-12H,3-6,9-10,13-16H2,1-2H3. The summed E-state index contributed by atoms with van der Waals surface area (Å²) in [6.45, 7) is 9.36. The van der Waals surface area contributed by atoms with E-state index in [9.17, 15) is 0 Å². The van der Waals surface area contributed by atoms with Crippen molar-refractivity contribution in [3.8, 4) is 0 Å². The Kier molecular flexibility index (Phi) is 6.23. The lowest BCUT2D eigenvalue weighted by Crippen LogP contribution is -2.41. The highest BCUT2D eigenvalue weighted by molar-refractivity contribution is 5.73. The second-order valence-corrected chi connectivity index (χ2v) is 5.88. The highest BCUT2D eigenvalue weighted by Crippen LogP contribution is 2.33. The molecule has 1 aliphatic heterocycles. The Balaban J connectivity index is 2.01. The molecule has 0 aliphatic carbocycles. The predicted molar refractivity (Wildman–Crippen MR) is 89.9 cm³/mol. The quantitative estimate of drug-likeness (QED) is 0.634. The average molecular weight is 274 g/mol. The summed E-state index contributed by atoms with van der Waals surface area (Å²) in [6.07, 6.45) is 7.94. The van der Waals surface area contributed by atoms with Gasteiger partial charge in [0.1, 0.15) is 0 Å². The molecule has 2 rings (SSSR count). The Bertz CT molecular complexity index is 352. The zero-order valence-electron chi connectivity index (χ0n) is 13.3. The van der Waals surface area contributed by atoms with Gasteiger partial charge in [-0.05, 0) is 25.0 Å². The minimum atomic E-state index is 1.19. The van der Waals surface area contributed by atoms with Gasteiger partial charge in [0.05, 0.1) is 11.4 Å². The molecule has 0 saturated carbocycles. The largest absolute Gasteiger partial charge is 0.368 e. The maximum Gasteiger partial charge on any atom is 0.0604 e. The Morgan fingerprint density at radius 3 is 1.60 bits per heavy atom. The molecule has 112 valence electrons. The van der Waals surface area contributed by atoms with E-state index >= 15 is 0 Å². The summed E-state index contributed by atoms with van der Waals surface area (Å²) in [4.78, 5) is 5.17. The maximum absolute atomic E-state index is 2.58. The van der Waals surface area contributed by atoms with E-state index in [1.54, 1.807) is 0 Å². The smallest absolute Gasteiger partial charge is 0.0604 e. The van der Waals surface area contributed by atoms with Gasteiger partial charge in [0, 0.05) is 26.2 Å². The van der Waals surface area contributed by atoms with Gasteiger partial charge in [-0.15, -0.1) is 0 Å². The van der Waals surface area contributed by atoms with E-state index in [4.69, 9.17) is 0 Å². The number of nitrogens with zero attached hydrogens (tertiary/aromatic N) is 2. The minimum Gasteiger partial charge on any atom is -0.368 e. The molecular formula is C18H30N2. The Hall–Kier alpha value is -1.18. The van der Waals surface area contributed by atoms with Crippen LogP contribution in [0, 0.1) is 0 Å². The molecule has 1 aliphatic rings. The van der Waals surface area contributed by atoms with Crippen LogP contribution in [0.4, 0.5) is 11.4 Å². The molecule has 1 aromatic rings. The lowest BCUT2D eigenvalue weighted by atomic mass is 10.1. The van der Waals surface area contributed by atoms with Gasteiger partial charge in [-0.1, -0.05) is 51.7 Å². The van der Waals surface area contributed by atoms with Gasteiger partial charge < -0.3 is 9.80 Å². The van der Waals surface area contributed by atoms with Gasteiger partial charge >= 0.3 is 0 Å². The molecule has 1 aromatic carbocycles. The lowest BCUT2D eigenvalue weighted by Gasteiger charge is -2.39. The Morgan fingerprint density at radius 1 is 0.750 bits per heavy atom. The van der Waals surface area contributed by atoms with Crippen molar-refractivity contribution in [3.05, 3.63) is 24.3 Å². The van der Waals surface area contributed by atoms with Crippen molar-refractivity contribution in [1.29, 1.82) is 0 Å². The van der Waals surface area contributed by atoms with E-state index in [1.807, 2.05) is 0 Å². The normalized spacial score (nSPS) is 14.5. The SMILES string of the molecule is CCCCCN1CCN(CCCCC)c2ccccc21. The molecule has 0 saturated heterocycles. The number of anilines is 2. The van der Waals surface area contributed by atoms with Crippen molar-refractivity contribution in [2.24, 2.45) is 0 Å². The van der Waals surface area contributed by atoms with Crippen LogP contribution in [-0.2, 0) is 0 Å². The number of hydrogen-bond acceptors (Lipinski definition) is 2. The van der Waals surface area contributed by atoms with Crippen molar-refractivity contribution in [2.75, 3.05) is 36.0 Å². The first-order valence-corrected chi connectivity index (χ1v) is 8.45. The molecular weight excluding hydrogens is 244 g/mol. The van der Waals surface area contributed by atoms with E-state index in [0.717, 1.165) is 0 Å². The molecule has 0 N–H and O–H groups in total. The third kappa shape index (κ3) is 3.91. The first-order valence-electron chi connectivity index (χ1n) is 8.45. The molecule has 0 unspecified atom stereocenters. The summed E-state index contributed by atoms with van der Waals surface area (Å²) in [5.74, 6) is 0. The van der Waals surface area contributed by atoms with Crippen LogP contribution in [0.25, 0.3) is 0 Å². The minimum absolute atomic E-state index is 1.19. The summed E-state index contributed by atoms with van der Waals surface area (Å²) in [7, 11) is 0. The molecule has 0 spiro atoms. The van der Waals surface area contributed by atoms with E-state index in [1.165, 1.54) is 76.1 Å². The highest BCUT2D eigenvalue weighted by atomic mass is 15.3. The van der Waals surface area contributed by atoms with Gasteiger partial charge in [0.15, 0.2) is 0 Å². The molecule has 0 bridgehead atoms. The van der Waals surface area contributed by atoms with E-state index < -0.39 is 0 Å². The molecule has 2 heteroatoms. The number of unbranched alkanes of at least 4 members (excludes halogenated alkanes) is 4. The first-order chi connectivity index (χ1) is 9.86. The zero-order chi connectivity index (χ0) is 14.2. The van der Waals surface area contributed by atoms with Crippen molar-refractivity contribution < 1.29 is 0 Å². The molecule has 0 atom stereocenters. The van der Waals surface area contributed by atoms with Crippen molar-refractivity contribution >= 4 is 11.4 Å². The van der Waals surface area contributed by atoms with Gasteiger partial charge in [-0.2, -0.15) is 0 Å². The molecule has 1 heterocycles. The molecule has 0 radical (unpaired) electrons. The fraction of sp³-hybridized carbons (Fsp3) is 0.667. The molecule has 2 nitrogen and oxygen atoms in total. The molecule has 0 aromatic heterocycles. The monoisotopic (exact) mass is 274 g/mol. The maximum atomic E-state index is 2.58. The fourth-order valence-electron chi connectivity index (χ4n) is 3.05. The first kappa shape index (κ1) is 15.2. The third-order valence-corrected chi connectivity index (χ3v) is 4.27. The lowest BCUT2D eigenvalue weighted by molar-refractivity contribution is 0.624. The van der Waals surface area contributed by atoms with Crippen LogP contribution in [0.3, 0.4) is 0 Å². The number of benzene rings is 1. The van der Waals surface area contributed by atoms with Gasteiger partial charge in [-0.25, -0.2) is 0 Å². The summed E-state index contributed by atoms with van der Waals surface area (Å²) in [5.41, 5.74) is 2.90. The van der Waals surface area contributed by atoms with Crippen LogP contribution in [0.15, 0.2) is 24.3 Å².